The monoisotopic (exact) mass is 243 g/mol. The summed E-state index contributed by atoms with van der Waals surface area (Å²) in [6, 6.07) is 11.0. The number of likely N-dealkylation sites (tertiary alicyclic amines) is 1. The van der Waals surface area contributed by atoms with E-state index in [4.69, 9.17) is 0 Å². The van der Waals surface area contributed by atoms with Crippen LogP contribution in [0, 0.1) is 0 Å². The van der Waals surface area contributed by atoms with E-state index < -0.39 is 0 Å². The highest BCUT2D eigenvalue weighted by molar-refractivity contribution is 5.20. The number of nitrogens with zero attached hydrogens (tertiary/aromatic N) is 1. The molecule has 1 aliphatic rings. The molecule has 0 bridgehead atoms. The molecule has 18 heavy (non-hydrogen) atoms. The molecule has 1 heteroatoms. The van der Waals surface area contributed by atoms with Gasteiger partial charge in [0, 0.05) is 6.54 Å². The zero-order chi connectivity index (χ0) is 12.6. The van der Waals surface area contributed by atoms with Gasteiger partial charge in [0.05, 0.1) is 0 Å². The lowest BCUT2D eigenvalue weighted by molar-refractivity contribution is 0.232. The van der Waals surface area contributed by atoms with Crippen molar-refractivity contribution in [2.45, 2.75) is 38.5 Å². The number of benzene rings is 1. The second kappa shape index (κ2) is 7.38. The van der Waals surface area contributed by atoms with Crippen molar-refractivity contribution < 1.29 is 0 Å². The third-order valence-electron chi connectivity index (χ3n) is 3.84. The highest BCUT2D eigenvalue weighted by Crippen LogP contribution is 2.27. The Hall–Kier alpha value is -1.08. The van der Waals surface area contributed by atoms with E-state index in [9.17, 15) is 0 Å². The highest BCUT2D eigenvalue weighted by Gasteiger charge is 2.19. The first-order chi connectivity index (χ1) is 8.90. The van der Waals surface area contributed by atoms with E-state index in [-0.39, 0.29) is 0 Å². The van der Waals surface area contributed by atoms with E-state index in [2.05, 4.69) is 54.3 Å². The van der Waals surface area contributed by atoms with Crippen LogP contribution >= 0.6 is 0 Å². The molecule has 1 aliphatic heterocycles. The van der Waals surface area contributed by atoms with Gasteiger partial charge in [0.2, 0.25) is 0 Å². The van der Waals surface area contributed by atoms with Gasteiger partial charge in [-0.15, -0.1) is 0 Å². The zero-order valence-electron chi connectivity index (χ0n) is 11.5. The van der Waals surface area contributed by atoms with Gasteiger partial charge in [-0.1, -0.05) is 55.8 Å². The predicted octanol–water partition coefficient (Wildman–Crippen LogP) is 4.22. The van der Waals surface area contributed by atoms with E-state index in [0.717, 1.165) is 12.5 Å². The molecule has 0 N–H and O–H groups in total. The van der Waals surface area contributed by atoms with Crippen LogP contribution in [0.1, 0.15) is 44.1 Å². The number of unbranched alkanes of at least 4 members (excludes halogenated alkanes) is 1. The fourth-order valence-corrected chi connectivity index (χ4v) is 2.68. The maximum Gasteiger partial charge on any atom is 0.0163 e. The lowest BCUT2D eigenvalue weighted by Gasteiger charge is -2.31. The summed E-state index contributed by atoms with van der Waals surface area (Å²) < 4.78 is 0. The zero-order valence-corrected chi connectivity index (χ0v) is 11.5. The molecule has 0 aromatic heterocycles. The molecule has 1 nitrogen and oxygen atoms in total. The molecule has 1 aromatic carbocycles. The van der Waals surface area contributed by atoms with Crippen molar-refractivity contribution in [2.75, 3.05) is 19.6 Å². The molecule has 0 aliphatic carbocycles. The summed E-state index contributed by atoms with van der Waals surface area (Å²) in [6.45, 7) is 5.86. The van der Waals surface area contributed by atoms with Gasteiger partial charge >= 0.3 is 0 Å². The van der Waals surface area contributed by atoms with Crippen molar-refractivity contribution in [2.24, 2.45) is 0 Å². The highest BCUT2D eigenvalue weighted by atomic mass is 15.1. The molecule has 0 saturated carbocycles. The van der Waals surface area contributed by atoms with Crippen molar-refractivity contribution in [3.63, 3.8) is 0 Å². The van der Waals surface area contributed by atoms with Gasteiger partial charge in [0.25, 0.3) is 0 Å². The van der Waals surface area contributed by atoms with Crippen LogP contribution < -0.4 is 0 Å². The molecule has 0 radical (unpaired) electrons. The molecule has 1 fully saturated rings. The van der Waals surface area contributed by atoms with E-state index in [0.29, 0.717) is 0 Å². The first kappa shape index (κ1) is 13.4. The molecule has 98 valence electrons. The normalized spacial score (nSPS) is 18.5. The van der Waals surface area contributed by atoms with Crippen LogP contribution in [0.4, 0.5) is 0 Å². The Labute approximate surface area is 112 Å². The standard InChI is InChI=1S/C17H25N/c1-2-3-4-8-13-18-14-11-17(12-15-18)16-9-6-5-7-10-16/h4-10,17H,2-3,11-15H2,1H3/b8-4+. The number of hydrogen-bond donors (Lipinski definition) is 0. The minimum absolute atomic E-state index is 0.780. The molecule has 0 amide bonds. The fraction of sp³-hybridized carbons (Fsp3) is 0.529. The summed E-state index contributed by atoms with van der Waals surface area (Å²) >= 11 is 0. The maximum absolute atomic E-state index is 2.58. The summed E-state index contributed by atoms with van der Waals surface area (Å²) in [5, 5.41) is 0. The molecular weight excluding hydrogens is 218 g/mol. The Kier molecular flexibility index (Phi) is 5.47. The third-order valence-corrected chi connectivity index (χ3v) is 3.84. The van der Waals surface area contributed by atoms with Gasteiger partial charge < -0.3 is 0 Å². The predicted molar refractivity (Wildman–Crippen MR) is 78.9 cm³/mol. The smallest absolute Gasteiger partial charge is 0.0163 e. The van der Waals surface area contributed by atoms with Crippen LogP contribution in [-0.2, 0) is 0 Å². The van der Waals surface area contributed by atoms with Gasteiger partial charge in [-0.3, -0.25) is 4.90 Å². The quantitative estimate of drug-likeness (QED) is 0.700. The lowest BCUT2D eigenvalue weighted by Crippen LogP contribution is -2.33. The van der Waals surface area contributed by atoms with E-state index in [1.54, 1.807) is 0 Å². The topological polar surface area (TPSA) is 3.24 Å². The van der Waals surface area contributed by atoms with Gasteiger partial charge in [0.15, 0.2) is 0 Å². The number of piperidine rings is 1. The summed E-state index contributed by atoms with van der Waals surface area (Å²) in [7, 11) is 0. The van der Waals surface area contributed by atoms with E-state index in [1.165, 1.54) is 44.3 Å². The first-order valence-electron chi connectivity index (χ1n) is 7.32. The third kappa shape index (κ3) is 3.99. The number of rotatable bonds is 5. The van der Waals surface area contributed by atoms with Crippen molar-refractivity contribution in [3.05, 3.63) is 48.0 Å². The SMILES string of the molecule is CCC/C=C/CN1CCC(c2ccccc2)CC1. The van der Waals surface area contributed by atoms with Crippen molar-refractivity contribution in [3.8, 4) is 0 Å². The van der Waals surface area contributed by atoms with Crippen LogP contribution in [-0.4, -0.2) is 24.5 Å². The van der Waals surface area contributed by atoms with Crippen molar-refractivity contribution in [1.29, 1.82) is 0 Å². The molecule has 1 aromatic rings. The Morgan fingerprint density at radius 2 is 1.83 bits per heavy atom. The van der Waals surface area contributed by atoms with Crippen molar-refractivity contribution in [1.82, 2.24) is 4.90 Å². The summed E-state index contributed by atoms with van der Waals surface area (Å²) in [5.74, 6) is 0.780. The second-order valence-electron chi connectivity index (χ2n) is 5.25. The molecule has 2 rings (SSSR count). The average Bonchev–Trinajstić information content (AvgIpc) is 2.45. The van der Waals surface area contributed by atoms with Gasteiger partial charge in [-0.2, -0.15) is 0 Å². The average molecular weight is 243 g/mol. The lowest BCUT2D eigenvalue weighted by atomic mass is 9.89. The van der Waals surface area contributed by atoms with Crippen LogP contribution in [0.2, 0.25) is 0 Å². The van der Waals surface area contributed by atoms with Gasteiger partial charge in [-0.25, -0.2) is 0 Å². The van der Waals surface area contributed by atoms with Gasteiger partial charge in [0.1, 0.15) is 0 Å². The molecule has 1 heterocycles. The number of hydrogen-bond acceptors (Lipinski definition) is 1. The molecule has 0 spiro atoms. The molecule has 0 unspecified atom stereocenters. The van der Waals surface area contributed by atoms with Crippen LogP contribution in [0.5, 0.6) is 0 Å². The minimum Gasteiger partial charge on any atom is -0.300 e. The molecular formula is C17H25N. The van der Waals surface area contributed by atoms with Crippen LogP contribution in [0.25, 0.3) is 0 Å². The number of allylic oxidation sites excluding steroid dienone is 1. The Morgan fingerprint density at radius 1 is 1.11 bits per heavy atom. The largest absolute Gasteiger partial charge is 0.300 e. The van der Waals surface area contributed by atoms with Gasteiger partial charge in [-0.05, 0) is 43.8 Å². The second-order valence-corrected chi connectivity index (χ2v) is 5.25. The first-order valence-corrected chi connectivity index (χ1v) is 7.32. The maximum atomic E-state index is 2.58. The fourth-order valence-electron chi connectivity index (χ4n) is 2.68. The summed E-state index contributed by atoms with van der Waals surface area (Å²) in [6.07, 6.45) is 9.76. The summed E-state index contributed by atoms with van der Waals surface area (Å²) in [4.78, 5) is 2.58. The van der Waals surface area contributed by atoms with E-state index in [1.807, 2.05) is 0 Å². The minimum atomic E-state index is 0.780. The van der Waals surface area contributed by atoms with E-state index >= 15 is 0 Å². The Balaban J connectivity index is 1.75. The Bertz CT molecular complexity index is 347. The molecule has 0 atom stereocenters. The Morgan fingerprint density at radius 3 is 2.50 bits per heavy atom. The summed E-state index contributed by atoms with van der Waals surface area (Å²) in [5.41, 5.74) is 1.53. The van der Waals surface area contributed by atoms with Crippen molar-refractivity contribution >= 4 is 0 Å². The van der Waals surface area contributed by atoms with Crippen LogP contribution in [0.15, 0.2) is 42.5 Å². The molecule has 1 saturated heterocycles. The van der Waals surface area contributed by atoms with Crippen LogP contribution in [0.3, 0.4) is 0 Å².